The van der Waals surface area contributed by atoms with E-state index in [9.17, 15) is 4.57 Å². The first-order valence-electron chi connectivity index (χ1n) is 9.29. The summed E-state index contributed by atoms with van der Waals surface area (Å²) in [5.41, 5.74) is 1.29. The monoisotopic (exact) mass is 395 g/mol. The molecule has 4 heteroatoms. The zero-order valence-electron chi connectivity index (χ0n) is 15.7. The molecular weight excluding hydrogens is 369 g/mol. The molecule has 0 spiro atoms. The van der Waals surface area contributed by atoms with Gasteiger partial charge in [-0.05, 0) is 19.1 Å². The first-order valence-corrected chi connectivity index (χ1v) is 12.2. The predicted octanol–water partition coefficient (Wildman–Crippen LogP) is 4.69. The van der Waals surface area contributed by atoms with Gasteiger partial charge in [-0.2, -0.15) is 0 Å². The highest BCUT2D eigenvalue weighted by Gasteiger charge is 2.26. The van der Waals surface area contributed by atoms with E-state index in [-0.39, 0.29) is 0 Å². The highest BCUT2D eigenvalue weighted by atomic mass is 32.2. The first kappa shape index (κ1) is 19.9. The van der Waals surface area contributed by atoms with Gasteiger partial charge in [0.2, 0.25) is 0 Å². The van der Waals surface area contributed by atoms with Crippen LogP contribution in [-0.4, -0.2) is 25.0 Å². The van der Waals surface area contributed by atoms with E-state index in [0.717, 1.165) is 29.5 Å². The van der Waals surface area contributed by atoms with Crippen LogP contribution in [-0.2, 0) is 4.57 Å². The van der Waals surface area contributed by atoms with E-state index in [1.54, 1.807) is 0 Å². The van der Waals surface area contributed by atoms with Crippen molar-refractivity contribution in [3.8, 4) is 0 Å². The molecule has 1 N–H and O–H groups in total. The fourth-order valence-corrected chi connectivity index (χ4v) is 6.39. The van der Waals surface area contributed by atoms with Gasteiger partial charge in [-0.25, -0.2) is 0 Å². The fraction of sp³-hybridized carbons (Fsp3) is 0.217. The van der Waals surface area contributed by atoms with Crippen LogP contribution >= 0.6 is 18.9 Å². The molecular formula is C23H26NOPS. The van der Waals surface area contributed by atoms with E-state index in [2.05, 4.69) is 36.5 Å². The van der Waals surface area contributed by atoms with Crippen LogP contribution < -0.4 is 15.9 Å². The van der Waals surface area contributed by atoms with Crippen molar-refractivity contribution in [1.29, 1.82) is 0 Å². The molecule has 3 rings (SSSR count). The highest BCUT2D eigenvalue weighted by Crippen LogP contribution is 2.42. The Kier molecular flexibility index (Phi) is 7.34. The summed E-state index contributed by atoms with van der Waals surface area (Å²) in [4.78, 5) is 1.29. The van der Waals surface area contributed by atoms with Crippen LogP contribution in [0.1, 0.15) is 5.56 Å². The Morgan fingerprint density at radius 1 is 0.778 bits per heavy atom. The number of aryl methyl sites for hydroxylation is 1. The van der Waals surface area contributed by atoms with Crippen molar-refractivity contribution in [2.75, 3.05) is 25.0 Å². The minimum absolute atomic E-state index is 0.635. The predicted molar refractivity (Wildman–Crippen MR) is 119 cm³/mol. The van der Waals surface area contributed by atoms with Crippen molar-refractivity contribution in [1.82, 2.24) is 5.32 Å². The number of benzene rings is 3. The van der Waals surface area contributed by atoms with Gasteiger partial charge in [0.15, 0.2) is 0 Å². The third-order valence-electron chi connectivity index (χ3n) is 4.52. The maximum Gasteiger partial charge on any atom is 0.144 e. The second-order valence-electron chi connectivity index (χ2n) is 6.55. The first-order chi connectivity index (χ1) is 13.2. The SMILES string of the molecule is Cc1ccc(SCCNCCP(=O)(c2ccccc2)c2ccccc2)cc1. The summed E-state index contributed by atoms with van der Waals surface area (Å²) in [6.45, 7) is 3.76. The standard InChI is InChI=1S/C23H26NOPS/c1-20-12-14-23(15-13-20)27-19-17-24-16-18-26(25,21-8-4-2-5-9-21)22-10-6-3-7-11-22/h2-15,24H,16-19H2,1H3. The molecule has 0 heterocycles. The van der Waals surface area contributed by atoms with Crippen LogP contribution in [0.3, 0.4) is 0 Å². The maximum atomic E-state index is 13.9. The van der Waals surface area contributed by atoms with Crippen molar-refractivity contribution in [2.45, 2.75) is 11.8 Å². The molecule has 0 radical (unpaired) electrons. The van der Waals surface area contributed by atoms with Crippen LogP contribution in [0.5, 0.6) is 0 Å². The molecule has 0 fully saturated rings. The van der Waals surface area contributed by atoms with E-state index in [1.807, 2.05) is 72.4 Å². The topological polar surface area (TPSA) is 29.1 Å². The Morgan fingerprint density at radius 2 is 1.33 bits per heavy atom. The molecule has 0 bridgehead atoms. The van der Waals surface area contributed by atoms with E-state index < -0.39 is 7.14 Å². The minimum atomic E-state index is -2.61. The van der Waals surface area contributed by atoms with Gasteiger partial charge in [0.1, 0.15) is 7.14 Å². The van der Waals surface area contributed by atoms with Crippen LogP contribution in [0.25, 0.3) is 0 Å². The zero-order valence-corrected chi connectivity index (χ0v) is 17.4. The summed E-state index contributed by atoms with van der Waals surface area (Å²) in [7, 11) is -2.61. The average molecular weight is 396 g/mol. The molecule has 0 aliphatic carbocycles. The number of hydrogen-bond acceptors (Lipinski definition) is 3. The van der Waals surface area contributed by atoms with Gasteiger partial charge < -0.3 is 9.88 Å². The lowest BCUT2D eigenvalue weighted by molar-refractivity contribution is 0.584. The molecule has 140 valence electrons. The fourth-order valence-electron chi connectivity index (χ4n) is 2.98. The quantitative estimate of drug-likeness (QED) is 0.324. The van der Waals surface area contributed by atoms with Gasteiger partial charge in [-0.1, -0.05) is 78.4 Å². The van der Waals surface area contributed by atoms with Gasteiger partial charge in [-0.15, -0.1) is 11.8 Å². The normalized spacial score (nSPS) is 11.4. The van der Waals surface area contributed by atoms with Crippen LogP contribution in [0, 0.1) is 6.92 Å². The molecule has 3 aromatic carbocycles. The largest absolute Gasteiger partial charge is 0.315 e. The van der Waals surface area contributed by atoms with Crippen molar-refractivity contribution in [3.05, 3.63) is 90.5 Å². The molecule has 0 unspecified atom stereocenters. The molecule has 0 atom stereocenters. The van der Waals surface area contributed by atoms with E-state index >= 15 is 0 Å². The summed E-state index contributed by atoms with van der Waals surface area (Å²) in [5.74, 6) is 1.00. The Morgan fingerprint density at radius 3 is 1.89 bits per heavy atom. The number of nitrogens with one attached hydrogen (secondary N) is 1. The third kappa shape index (κ3) is 5.59. The number of rotatable bonds is 9. The summed E-state index contributed by atoms with van der Waals surface area (Å²) in [5, 5.41) is 5.34. The molecule has 27 heavy (non-hydrogen) atoms. The van der Waals surface area contributed by atoms with Gasteiger partial charge in [-0.3, -0.25) is 0 Å². The molecule has 0 aliphatic rings. The van der Waals surface area contributed by atoms with Crippen LogP contribution in [0.4, 0.5) is 0 Å². The van der Waals surface area contributed by atoms with Crippen LogP contribution in [0.2, 0.25) is 0 Å². The molecule has 0 amide bonds. The average Bonchev–Trinajstić information content (AvgIpc) is 2.73. The second kappa shape index (κ2) is 9.94. The van der Waals surface area contributed by atoms with Crippen molar-refractivity contribution < 1.29 is 4.57 Å². The number of hydrogen-bond donors (Lipinski definition) is 1. The van der Waals surface area contributed by atoms with Crippen molar-refractivity contribution in [3.63, 3.8) is 0 Å². The van der Waals surface area contributed by atoms with Gasteiger partial charge in [0.05, 0.1) is 0 Å². The third-order valence-corrected chi connectivity index (χ3v) is 8.65. The lowest BCUT2D eigenvalue weighted by atomic mass is 10.2. The zero-order chi connectivity index (χ0) is 19.0. The second-order valence-corrected chi connectivity index (χ2v) is 10.7. The summed E-state index contributed by atoms with van der Waals surface area (Å²) in [6.07, 6.45) is 0.635. The van der Waals surface area contributed by atoms with Crippen molar-refractivity contribution in [2.24, 2.45) is 0 Å². The maximum absolute atomic E-state index is 13.9. The van der Waals surface area contributed by atoms with Gasteiger partial charge in [0, 0.05) is 40.5 Å². The van der Waals surface area contributed by atoms with E-state index in [4.69, 9.17) is 0 Å². The lowest BCUT2D eigenvalue weighted by Crippen LogP contribution is -2.26. The van der Waals surface area contributed by atoms with Gasteiger partial charge in [0.25, 0.3) is 0 Å². The van der Waals surface area contributed by atoms with Gasteiger partial charge >= 0.3 is 0 Å². The highest BCUT2D eigenvalue weighted by molar-refractivity contribution is 7.99. The molecule has 0 saturated carbocycles. The summed E-state index contributed by atoms with van der Waals surface area (Å²) >= 11 is 1.85. The van der Waals surface area contributed by atoms with E-state index in [0.29, 0.717) is 6.16 Å². The Labute approximate surface area is 166 Å². The molecule has 0 saturated heterocycles. The molecule has 0 aromatic heterocycles. The molecule has 0 aliphatic heterocycles. The van der Waals surface area contributed by atoms with Crippen molar-refractivity contribution >= 4 is 29.5 Å². The lowest BCUT2D eigenvalue weighted by Gasteiger charge is -2.19. The van der Waals surface area contributed by atoms with E-state index in [1.165, 1.54) is 10.5 Å². The van der Waals surface area contributed by atoms with Crippen LogP contribution in [0.15, 0.2) is 89.8 Å². The minimum Gasteiger partial charge on any atom is -0.315 e. The summed E-state index contributed by atoms with van der Waals surface area (Å²) < 4.78 is 13.9. The smallest absolute Gasteiger partial charge is 0.144 e. The Balaban J connectivity index is 1.55. The molecule has 2 nitrogen and oxygen atoms in total. The Bertz CT molecular complexity index is 822. The number of thioether (sulfide) groups is 1. The summed E-state index contributed by atoms with van der Waals surface area (Å²) in [6, 6.07) is 28.4. The molecule has 3 aromatic rings. The Hall–Kier alpha value is -1.80.